The van der Waals surface area contributed by atoms with Gasteiger partial charge < -0.3 is 16.0 Å². The number of nitrogens with one attached hydrogen (secondary N) is 2. The highest BCUT2D eigenvalue weighted by Crippen LogP contribution is 2.34. The summed E-state index contributed by atoms with van der Waals surface area (Å²) in [5.74, 6) is -0.343. The van der Waals surface area contributed by atoms with E-state index in [0.717, 1.165) is 44.9 Å². The molecule has 35 heavy (non-hydrogen) atoms. The highest BCUT2D eigenvalue weighted by molar-refractivity contribution is 7.18. The number of aromatic nitrogens is 1. The predicted molar refractivity (Wildman–Crippen MR) is 138 cm³/mol. The normalized spacial score (nSPS) is 17.0. The quantitative estimate of drug-likeness (QED) is 0.318. The second-order valence-electron chi connectivity index (χ2n) is 8.26. The first-order valence-electron chi connectivity index (χ1n) is 11.3. The van der Waals surface area contributed by atoms with Crippen LogP contribution in [0.4, 0.5) is 4.39 Å². The minimum Gasteiger partial charge on any atom is -0.404 e. The van der Waals surface area contributed by atoms with Gasteiger partial charge in [0.25, 0.3) is 0 Å². The molecule has 0 saturated heterocycles. The van der Waals surface area contributed by atoms with E-state index in [4.69, 9.17) is 21.4 Å². The summed E-state index contributed by atoms with van der Waals surface area (Å²) in [4.78, 5) is 6.82. The molecule has 6 nitrogen and oxygen atoms in total. The Labute approximate surface area is 206 Å². The molecule has 1 aromatic heterocycles. The molecule has 174 valence electrons. The molecule has 2 aromatic carbocycles. The summed E-state index contributed by atoms with van der Waals surface area (Å²) in [5, 5.41) is 21.8. The van der Waals surface area contributed by atoms with Gasteiger partial charge in [-0.25, -0.2) is 9.37 Å². The lowest BCUT2D eigenvalue weighted by atomic mass is 9.95. The van der Waals surface area contributed by atoms with Gasteiger partial charge in [0, 0.05) is 53.7 Å². The van der Waals surface area contributed by atoms with E-state index < -0.39 is 0 Å². The number of halogens is 1. The number of unbranched alkanes of at least 4 members (excludes halogenated alkanes) is 1. The molecule has 0 amide bonds. The topological polar surface area (TPSA) is 102 Å². The van der Waals surface area contributed by atoms with Gasteiger partial charge in [-0.05, 0) is 48.9 Å². The molecule has 8 heteroatoms. The number of nitrogens with zero attached hydrogens (tertiary/aromatic N) is 3. The van der Waals surface area contributed by atoms with Crippen molar-refractivity contribution in [2.24, 2.45) is 5.73 Å². The SMILES string of the molecule is N#CCCCc1nc2ccc(C3=CNC4C=CC(/C(=C/N)C(=N)c5ccc(F)cc5)=CN34)cc2s1. The Bertz CT molecular complexity index is 1460. The van der Waals surface area contributed by atoms with Gasteiger partial charge in [0.05, 0.1) is 32.7 Å². The van der Waals surface area contributed by atoms with Crippen LogP contribution < -0.4 is 11.1 Å². The van der Waals surface area contributed by atoms with Crippen LogP contribution in [0, 0.1) is 22.6 Å². The van der Waals surface area contributed by atoms with Gasteiger partial charge in [0.15, 0.2) is 0 Å². The van der Waals surface area contributed by atoms with Crippen LogP contribution in [0.2, 0.25) is 0 Å². The summed E-state index contributed by atoms with van der Waals surface area (Å²) in [5.41, 5.74) is 11.1. The van der Waals surface area contributed by atoms with E-state index in [9.17, 15) is 4.39 Å². The molecule has 3 heterocycles. The smallest absolute Gasteiger partial charge is 0.123 e. The number of benzene rings is 2. The van der Waals surface area contributed by atoms with E-state index in [0.29, 0.717) is 17.6 Å². The number of nitriles is 1. The Morgan fingerprint density at radius 1 is 1.29 bits per heavy atom. The molecule has 0 bridgehead atoms. The summed E-state index contributed by atoms with van der Waals surface area (Å²) in [6.45, 7) is 0. The van der Waals surface area contributed by atoms with E-state index >= 15 is 0 Å². The summed E-state index contributed by atoms with van der Waals surface area (Å²) in [7, 11) is 0. The average Bonchev–Trinajstić information content (AvgIpc) is 3.48. The minimum absolute atomic E-state index is 0.0357. The first kappa shape index (κ1) is 22.6. The fourth-order valence-electron chi connectivity index (χ4n) is 4.20. The number of rotatable bonds is 7. The van der Waals surface area contributed by atoms with Crippen LogP contribution in [-0.2, 0) is 6.42 Å². The molecule has 1 unspecified atom stereocenters. The highest BCUT2D eigenvalue weighted by Gasteiger charge is 2.27. The molecule has 0 saturated carbocycles. The summed E-state index contributed by atoms with van der Waals surface area (Å²) >= 11 is 1.67. The van der Waals surface area contributed by atoms with Gasteiger partial charge in [-0.1, -0.05) is 12.1 Å². The highest BCUT2D eigenvalue weighted by atomic mass is 32.1. The molecule has 2 aliphatic rings. The Hall–Kier alpha value is -4.22. The van der Waals surface area contributed by atoms with Gasteiger partial charge in [-0.3, -0.25) is 5.41 Å². The number of fused-ring (bicyclic) bond motifs is 2. The predicted octanol–water partition coefficient (Wildman–Crippen LogP) is 5.18. The van der Waals surface area contributed by atoms with Crippen molar-refractivity contribution in [1.29, 1.82) is 10.7 Å². The van der Waals surface area contributed by atoms with Gasteiger partial charge in [-0.2, -0.15) is 5.26 Å². The molecule has 0 fully saturated rings. The van der Waals surface area contributed by atoms with Crippen molar-refractivity contribution < 1.29 is 4.39 Å². The number of thiazole rings is 1. The van der Waals surface area contributed by atoms with E-state index in [1.165, 1.54) is 18.3 Å². The maximum Gasteiger partial charge on any atom is 0.123 e. The number of aryl methyl sites for hydroxylation is 1. The van der Waals surface area contributed by atoms with E-state index in [-0.39, 0.29) is 17.7 Å². The summed E-state index contributed by atoms with van der Waals surface area (Å²) < 4.78 is 14.4. The Morgan fingerprint density at radius 3 is 2.89 bits per heavy atom. The lowest BCUT2D eigenvalue weighted by Gasteiger charge is -2.28. The molecule has 0 aliphatic carbocycles. The fraction of sp³-hybridized carbons (Fsp3) is 0.148. The number of hydrogen-bond donors (Lipinski definition) is 3. The maximum atomic E-state index is 13.3. The molecule has 1 atom stereocenters. The van der Waals surface area contributed by atoms with Crippen molar-refractivity contribution in [2.75, 3.05) is 0 Å². The summed E-state index contributed by atoms with van der Waals surface area (Å²) in [6, 6.07) is 14.3. The van der Waals surface area contributed by atoms with Crippen molar-refractivity contribution in [1.82, 2.24) is 15.2 Å². The van der Waals surface area contributed by atoms with Crippen LogP contribution in [0.1, 0.15) is 29.0 Å². The fourth-order valence-corrected chi connectivity index (χ4v) is 5.25. The average molecular weight is 483 g/mol. The van der Waals surface area contributed by atoms with Gasteiger partial charge >= 0.3 is 0 Å². The van der Waals surface area contributed by atoms with E-state index in [2.05, 4.69) is 28.4 Å². The Kier molecular flexibility index (Phi) is 6.17. The molecule has 5 rings (SSSR count). The molecule has 3 aromatic rings. The standard InChI is InChI=1S/C27H23FN6S/c28-20-8-4-17(5-9-20)27(31)21(14-30)19-7-11-25-32-15-23(34(25)16-19)18-6-10-22-24(13-18)35-26(33-22)3-1-2-12-29/h4-11,13-16,25,31-32H,1-3,30H2/b21-14-,31-27?. The zero-order chi connectivity index (χ0) is 24.4. The van der Waals surface area contributed by atoms with Crippen LogP contribution in [0.3, 0.4) is 0 Å². The van der Waals surface area contributed by atoms with Gasteiger partial charge in [0.2, 0.25) is 0 Å². The lowest BCUT2D eigenvalue weighted by Crippen LogP contribution is -2.33. The Morgan fingerprint density at radius 2 is 2.11 bits per heavy atom. The minimum atomic E-state index is -0.343. The van der Waals surface area contributed by atoms with Crippen molar-refractivity contribution >= 4 is 33.0 Å². The molecular formula is C27H23FN6S. The van der Waals surface area contributed by atoms with Crippen LogP contribution in [0.15, 0.2) is 84.4 Å². The van der Waals surface area contributed by atoms with Crippen molar-refractivity contribution in [2.45, 2.75) is 25.4 Å². The molecule has 2 aliphatic heterocycles. The Balaban J connectivity index is 1.41. The van der Waals surface area contributed by atoms with E-state index in [1.807, 2.05) is 30.6 Å². The monoisotopic (exact) mass is 482 g/mol. The van der Waals surface area contributed by atoms with Crippen LogP contribution in [0.5, 0.6) is 0 Å². The van der Waals surface area contributed by atoms with Crippen LogP contribution in [0.25, 0.3) is 15.9 Å². The second-order valence-corrected chi connectivity index (χ2v) is 9.37. The largest absolute Gasteiger partial charge is 0.404 e. The van der Waals surface area contributed by atoms with Gasteiger partial charge in [-0.15, -0.1) is 11.3 Å². The first-order valence-corrected chi connectivity index (χ1v) is 12.1. The van der Waals surface area contributed by atoms with Crippen molar-refractivity contribution in [3.63, 3.8) is 0 Å². The number of allylic oxidation sites excluding steroid dienone is 3. The van der Waals surface area contributed by atoms with Crippen molar-refractivity contribution in [3.05, 3.63) is 106 Å². The number of hydrogen-bond acceptors (Lipinski definition) is 7. The lowest BCUT2D eigenvalue weighted by molar-refractivity contribution is 0.439. The molecule has 0 radical (unpaired) electrons. The zero-order valence-electron chi connectivity index (χ0n) is 18.8. The third-order valence-corrected chi connectivity index (χ3v) is 7.07. The second kappa shape index (κ2) is 9.57. The first-order chi connectivity index (χ1) is 17.1. The van der Waals surface area contributed by atoms with Crippen molar-refractivity contribution in [3.8, 4) is 6.07 Å². The molecule has 4 N–H and O–H groups in total. The van der Waals surface area contributed by atoms with E-state index in [1.54, 1.807) is 23.5 Å². The zero-order valence-corrected chi connectivity index (χ0v) is 19.6. The third kappa shape index (κ3) is 4.46. The summed E-state index contributed by atoms with van der Waals surface area (Å²) in [6.07, 6.45) is 11.5. The van der Waals surface area contributed by atoms with Crippen LogP contribution in [-0.4, -0.2) is 21.8 Å². The molecule has 0 spiro atoms. The van der Waals surface area contributed by atoms with Gasteiger partial charge in [0.1, 0.15) is 12.0 Å². The third-order valence-electron chi connectivity index (χ3n) is 5.99. The number of nitrogens with two attached hydrogens (primary N) is 1. The maximum absolute atomic E-state index is 13.3. The van der Waals surface area contributed by atoms with Crippen LogP contribution >= 0.6 is 11.3 Å². The molecular weight excluding hydrogens is 459 g/mol.